The molecule has 1 amide bonds. The number of nitrogens with zero attached hydrogens (tertiary/aromatic N) is 2. The lowest BCUT2D eigenvalue weighted by Gasteiger charge is -2.36. The Morgan fingerprint density at radius 1 is 1.15 bits per heavy atom. The van der Waals surface area contributed by atoms with Crippen LogP contribution in [0.1, 0.15) is 26.7 Å². The van der Waals surface area contributed by atoms with Crippen LogP contribution in [0.2, 0.25) is 0 Å². The summed E-state index contributed by atoms with van der Waals surface area (Å²) in [6.07, 6.45) is 2.89. The number of rotatable bonds is 2. The molecule has 4 heterocycles. The van der Waals surface area contributed by atoms with Crippen molar-refractivity contribution in [1.29, 1.82) is 0 Å². The number of morpholine rings is 1. The Kier molecular flexibility index (Phi) is 4.29. The van der Waals surface area contributed by atoms with Crippen molar-refractivity contribution >= 4 is 5.91 Å². The number of carbonyl (C=O) groups is 1. The van der Waals surface area contributed by atoms with Gasteiger partial charge in [-0.2, -0.15) is 0 Å². The van der Waals surface area contributed by atoms with Crippen LogP contribution in [-0.2, 0) is 9.53 Å². The number of ether oxygens (including phenoxy) is 1. The van der Waals surface area contributed by atoms with E-state index in [4.69, 9.17) is 4.74 Å². The SMILES string of the molecule is C[C@@H]1CN(C(=O)CN2C[C@H]3CC[C@@H](C2)NC3)C[C@H](C)O1. The summed E-state index contributed by atoms with van der Waals surface area (Å²) in [7, 11) is 0. The van der Waals surface area contributed by atoms with E-state index in [1.807, 2.05) is 18.7 Å². The standard InChI is InChI=1S/C15H27N3O2/c1-11-6-18(7-12(2)20-11)15(19)10-17-8-13-3-4-14(9-17)16-5-13/h11-14,16H,3-10H2,1-2H3/t11-,12+,13-,14-/m0/s1. The summed E-state index contributed by atoms with van der Waals surface area (Å²) < 4.78 is 5.70. The van der Waals surface area contributed by atoms with Gasteiger partial charge in [-0.3, -0.25) is 9.69 Å². The minimum absolute atomic E-state index is 0.157. The van der Waals surface area contributed by atoms with Crippen molar-refractivity contribution in [3.05, 3.63) is 0 Å². The van der Waals surface area contributed by atoms with Gasteiger partial charge in [0.25, 0.3) is 0 Å². The molecule has 5 heteroatoms. The van der Waals surface area contributed by atoms with Crippen molar-refractivity contribution in [3.63, 3.8) is 0 Å². The molecule has 0 aliphatic carbocycles. The van der Waals surface area contributed by atoms with Gasteiger partial charge in [0.05, 0.1) is 18.8 Å². The first-order chi connectivity index (χ1) is 9.60. The molecule has 5 nitrogen and oxygen atoms in total. The molecule has 114 valence electrons. The molecule has 4 atom stereocenters. The molecule has 0 aromatic carbocycles. The Labute approximate surface area is 121 Å². The molecule has 0 aromatic rings. The molecule has 4 saturated heterocycles. The van der Waals surface area contributed by atoms with E-state index < -0.39 is 0 Å². The number of carbonyl (C=O) groups excluding carboxylic acids is 1. The van der Waals surface area contributed by atoms with Crippen molar-refractivity contribution < 1.29 is 9.53 Å². The van der Waals surface area contributed by atoms with Gasteiger partial charge in [0, 0.05) is 32.2 Å². The summed E-state index contributed by atoms with van der Waals surface area (Å²) in [4.78, 5) is 16.9. The van der Waals surface area contributed by atoms with E-state index in [0.717, 1.165) is 38.6 Å². The van der Waals surface area contributed by atoms with Gasteiger partial charge in [0.15, 0.2) is 0 Å². The molecular weight excluding hydrogens is 254 g/mol. The third kappa shape index (κ3) is 3.32. The van der Waals surface area contributed by atoms with Crippen molar-refractivity contribution in [1.82, 2.24) is 15.1 Å². The van der Waals surface area contributed by atoms with Crippen molar-refractivity contribution in [3.8, 4) is 0 Å². The van der Waals surface area contributed by atoms with Crippen LogP contribution in [0.25, 0.3) is 0 Å². The maximum atomic E-state index is 12.5. The summed E-state index contributed by atoms with van der Waals surface area (Å²) in [5.74, 6) is 0.998. The predicted octanol–water partition coefficient (Wildman–Crippen LogP) is 0.306. The minimum atomic E-state index is 0.157. The second-order valence-electron chi connectivity index (χ2n) is 6.80. The number of hydrogen-bond donors (Lipinski definition) is 1. The molecular formula is C15H27N3O2. The number of hydrogen-bond acceptors (Lipinski definition) is 4. The molecule has 1 N–H and O–H groups in total. The molecule has 4 aliphatic heterocycles. The van der Waals surface area contributed by atoms with Gasteiger partial charge in [-0.15, -0.1) is 0 Å². The molecule has 4 rings (SSSR count). The van der Waals surface area contributed by atoms with E-state index in [1.165, 1.54) is 12.8 Å². The van der Waals surface area contributed by atoms with Gasteiger partial charge in [0.2, 0.25) is 5.91 Å². The molecule has 4 fully saturated rings. The molecule has 0 saturated carbocycles. The van der Waals surface area contributed by atoms with E-state index >= 15 is 0 Å². The van der Waals surface area contributed by atoms with Crippen LogP contribution in [0.4, 0.5) is 0 Å². The van der Waals surface area contributed by atoms with Gasteiger partial charge in [0.1, 0.15) is 0 Å². The van der Waals surface area contributed by atoms with Crippen LogP contribution in [0.5, 0.6) is 0 Å². The zero-order chi connectivity index (χ0) is 14.1. The zero-order valence-corrected chi connectivity index (χ0v) is 12.7. The second-order valence-corrected chi connectivity index (χ2v) is 6.80. The van der Waals surface area contributed by atoms with E-state index in [-0.39, 0.29) is 18.1 Å². The van der Waals surface area contributed by atoms with Crippen LogP contribution < -0.4 is 5.32 Å². The summed E-state index contributed by atoms with van der Waals surface area (Å²) in [5, 5.41) is 3.59. The highest BCUT2D eigenvalue weighted by molar-refractivity contribution is 5.78. The molecule has 0 radical (unpaired) electrons. The number of piperidine rings is 1. The zero-order valence-electron chi connectivity index (χ0n) is 12.7. The molecule has 0 spiro atoms. The van der Waals surface area contributed by atoms with Gasteiger partial charge in [-0.05, 0) is 39.2 Å². The molecule has 4 aliphatic rings. The van der Waals surface area contributed by atoms with Crippen LogP contribution in [0.15, 0.2) is 0 Å². The van der Waals surface area contributed by atoms with Gasteiger partial charge in [-0.1, -0.05) is 0 Å². The first kappa shape index (κ1) is 14.3. The van der Waals surface area contributed by atoms with Gasteiger partial charge < -0.3 is 15.0 Å². The largest absolute Gasteiger partial charge is 0.372 e. The summed E-state index contributed by atoms with van der Waals surface area (Å²) in [6, 6.07) is 0.587. The van der Waals surface area contributed by atoms with Crippen LogP contribution in [0.3, 0.4) is 0 Å². The Hall–Kier alpha value is -0.650. The number of nitrogens with one attached hydrogen (secondary N) is 1. The second kappa shape index (κ2) is 6.00. The molecule has 0 unspecified atom stereocenters. The Morgan fingerprint density at radius 2 is 1.90 bits per heavy atom. The normalized spacial score (nSPS) is 38.8. The lowest BCUT2D eigenvalue weighted by molar-refractivity contribution is -0.144. The maximum absolute atomic E-state index is 12.5. The van der Waals surface area contributed by atoms with E-state index in [9.17, 15) is 4.79 Å². The fraction of sp³-hybridized carbons (Fsp3) is 0.933. The van der Waals surface area contributed by atoms with Crippen molar-refractivity contribution in [2.75, 3.05) is 39.3 Å². The topological polar surface area (TPSA) is 44.8 Å². The van der Waals surface area contributed by atoms with Crippen molar-refractivity contribution in [2.24, 2.45) is 5.92 Å². The predicted molar refractivity (Wildman–Crippen MR) is 77.5 cm³/mol. The highest BCUT2D eigenvalue weighted by Crippen LogP contribution is 2.21. The molecule has 20 heavy (non-hydrogen) atoms. The van der Waals surface area contributed by atoms with Crippen LogP contribution in [0, 0.1) is 5.92 Å². The molecule has 0 aromatic heterocycles. The average molecular weight is 281 g/mol. The van der Waals surface area contributed by atoms with E-state index in [0.29, 0.717) is 12.6 Å². The quantitative estimate of drug-likeness (QED) is 0.791. The number of fused-ring (bicyclic) bond motifs is 4. The third-order valence-corrected chi connectivity index (χ3v) is 4.74. The highest BCUT2D eigenvalue weighted by atomic mass is 16.5. The first-order valence-electron chi connectivity index (χ1n) is 7.99. The third-order valence-electron chi connectivity index (χ3n) is 4.74. The maximum Gasteiger partial charge on any atom is 0.236 e. The van der Waals surface area contributed by atoms with E-state index in [2.05, 4.69) is 10.2 Å². The summed E-state index contributed by atoms with van der Waals surface area (Å²) >= 11 is 0. The van der Waals surface area contributed by atoms with Gasteiger partial charge in [-0.25, -0.2) is 0 Å². The van der Waals surface area contributed by atoms with E-state index in [1.54, 1.807) is 0 Å². The van der Waals surface area contributed by atoms with Crippen LogP contribution in [-0.4, -0.2) is 73.2 Å². The smallest absolute Gasteiger partial charge is 0.236 e. The Balaban J connectivity index is 1.55. The monoisotopic (exact) mass is 281 g/mol. The van der Waals surface area contributed by atoms with Gasteiger partial charge >= 0.3 is 0 Å². The average Bonchev–Trinajstić information content (AvgIpc) is 2.69. The highest BCUT2D eigenvalue weighted by Gasteiger charge is 2.32. The summed E-state index contributed by atoms with van der Waals surface area (Å²) in [6.45, 7) is 9.37. The number of amides is 1. The molecule has 2 bridgehead atoms. The van der Waals surface area contributed by atoms with Crippen molar-refractivity contribution in [2.45, 2.75) is 44.9 Å². The van der Waals surface area contributed by atoms with Crippen LogP contribution >= 0.6 is 0 Å². The minimum Gasteiger partial charge on any atom is -0.372 e. The Bertz CT molecular complexity index is 331. The Morgan fingerprint density at radius 3 is 2.55 bits per heavy atom. The lowest BCUT2D eigenvalue weighted by atomic mass is 9.97. The fourth-order valence-electron chi connectivity index (χ4n) is 3.84. The summed E-state index contributed by atoms with van der Waals surface area (Å²) in [5.41, 5.74) is 0. The fourth-order valence-corrected chi connectivity index (χ4v) is 3.84. The lowest BCUT2D eigenvalue weighted by Crippen LogP contribution is -2.51. The first-order valence-corrected chi connectivity index (χ1v) is 7.99.